The van der Waals surface area contributed by atoms with E-state index in [9.17, 15) is 14.3 Å². The van der Waals surface area contributed by atoms with E-state index in [0.717, 1.165) is 6.61 Å². The van der Waals surface area contributed by atoms with Crippen LogP contribution in [0.2, 0.25) is 0 Å². The van der Waals surface area contributed by atoms with Crippen molar-refractivity contribution in [2.24, 2.45) is 0 Å². The fourth-order valence-electron chi connectivity index (χ4n) is 2.53. The van der Waals surface area contributed by atoms with Gasteiger partial charge in [0.05, 0.1) is 11.7 Å². The van der Waals surface area contributed by atoms with Crippen LogP contribution in [-0.2, 0) is 4.74 Å². The van der Waals surface area contributed by atoms with Crippen LogP contribution in [0.1, 0.15) is 32.8 Å². The van der Waals surface area contributed by atoms with Crippen LogP contribution < -0.4 is 10.2 Å². The summed E-state index contributed by atoms with van der Waals surface area (Å²) in [5.41, 5.74) is 0.240. The van der Waals surface area contributed by atoms with E-state index >= 15 is 0 Å². The van der Waals surface area contributed by atoms with Crippen LogP contribution in [0.15, 0.2) is 18.2 Å². The minimum atomic E-state index is -0.549. The van der Waals surface area contributed by atoms with E-state index < -0.39 is 11.7 Å². The van der Waals surface area contributed by atoms with Gasteiger partial charge < -0.3 is 20.1 Å². The molecule has 1 heterocycles. The molecule has 22 heavy (non-hydrogen) atoms. The van der Waals surface area contributed by atoms with Crippen LogP contribution >= 0.6 is 0 Å². The fourth-order valence-corrected chi connectivity index (χ4v) is 2.53. The lowest BCUT2D eigenvalue weighted by Gasteiger charge is -2.23. The molecule has 1 saturated heterocycles. The normalized spacial score (nSPS) is 18.4. The number of nitrogens with zero attached hydrogens (tertiary/aromatic N) is 1. The summed E-state index contributed by atoms with van der Waals surface area (Å²) in [6.45, 7) is 7.37. The van der Waals surface area contributed by atoms with Gasteiger partial charge in [-0.05, 0) is 33.3 Å². The van der Waals surface area contributed by atoms with Crippen molar-refractivity contribution in [1.29, 1.82) is 0 Å². The first-order chi connectivity index (χ1) is 10.3. The molecule has 0 aliphatic carbocycles. The molecular formula is C16H22FN2O3. The van der Waals surface area contributed by atoms with Crippen molar-refractivity contribution in [3.63, 3.8) is 0 Å². The van der Waals surface area contributed by atoms with Crippen LogP contribution in [0, 0.1) is 12.4 Å². The van der Waals surface area contributed by atoms with Gasteiger partial charge in [-0.25, -0.2) is 9.18 Å². The van der Waals surface area contributed by atoms with E-state index in [0.29, 0.717) is 30.8 Å². The van der Waals surface area contributed by atoms with Gasteiger partial charge in [0.2, 0.25) is 0 Å². The summed E-state index contributed by atoms with van der Waals surface area (Å²) in [4.78, 5) is 13.6. The van der Waals surface area contributed by atoms with E-state index in [4.69, 9.17) is 4.74 Å². The van der Waals surface area contributed by atoms with Crippen LogP contribution in [-0.4, -0.2) is 35.9 Å². The Morgan fingerprint density at radius 2 is 2.23 bits per heavy atom. The lowest BCUT2D eigenvalue weighted by Crippen LogP contribution is -2.40. The molecule has 0 aromatic heterocycles. The van der Waals surface area contributed by atoms with Gasteiger partial charge in [0.25, 0.3) is 0 Å². The summed E-state index contributed by atoms with van der Waals surface area (Å²) >= 11 is 0. The van der Waals surface area contributed by atoms with Gasteiger partial charge in [-0.2, -0.15) is 0 Å². The Morgan fingerprint density at radius 1 is 1.50 bits per heavy atom. The highest BCUT2D eigenvalue weighted by atomic mass is 19.1. The number of benzene rings is 1. The highest BCUT2D eigenvalue weighted by Gasteiger charge is 2.28. The number of hydrogen-bond donors (Lipinski definition) is 2. The molecule has 0 unspecified atom stereocenters. The highest BCUT2D eigenvalue weighted by Crippen LogP contribution is 2.28. The van der Waals surface area contributed by atoms with E-state index in [1.54, 1.807) is 32.9 Å². The predicted octanol–water partition coefficient (Wildman–Crippen LogP) is 2.81. The maximum atomic E-state index is 14.0. The Kier molecular flexibility index (Phi) is 4.90. The number of nitrogens with one attached hydrogen (secondary N) is 1. The molecule has 1 atom stereocenters. The van der Waals surface area contributed by atoms with E-state index in [1.165, 1.54) is 6.07 Å². The summed E-state index contributed by atoms with van der Waals surface area (Å²) in [5, 5.41) is 12.0. The molecule has 1 fully saturated rings. The number of amides is 1. The second kappa shape index (κ2) is 6.52. The van der Waals surface area contributed by atoms with Crippen molar-refractivity contribution in [2.45, 2.75) is 38.8 Å². The maximum absolute atomic E-state index is 14.0. The van der Waals surface area contributed by atoms with E-state index in [-0.39, 0.29) is 11.9 Å². The number of rotatable bonds is 3. The zero-order chi connectivity index (χ0) is 16.3. The Labute approximate surface area is 130 Å². The monoisotopic (exact) mass is 309 g/mol. The van der Waals surface area contributed by atoms with Crippen molar-refractivity contribution in [1.82, 2.24) is 5.32 Å². The number of para-hydroxylation sites is 1. The Balaban J connectivity index is 2.00. The summed E-state index contributed by atoms with van der Waals surface area (Å²) in [6, 6.07) is 4.44. The average Bonchev–Trinajstić information content (AvgIpc) is 2.83. The first-order valence-electron chi connectivity index (χ1n) is 7.30. The zero-order valence-corrected chi connectivity index (χ0v) is 13.1. The maximum Gasteiger partial charge on any atom is 0.407 e. The van der Waals surface area contributed by atoms with E-state index in [2.05, 4.69) is 5.32 Å². The van der Waals surface area contributed by atoms with Crippen molar-refractivity contribution >= 4 is 11.8 Å². The zero-order valence-electron chi connectivity index (χ0n) is 13.1. The van der Waals surface area contributed by atoms with Gasteiger partial charge in [-0.3, -0.25) is 0 Å². The number of aliphatic hydroxyl groups is 1. The van der Waals surface area contributed by atoms with Crippen LogP contribution in [0.3, 0.4) is 0 Å². The molecule has 0 saturated carbocycles. The standard InChI is InChI=1S/C16H22FN2O3/c1-16(2,3)22-15(21)18-12-7-8-19(9-12)14-11(10-20)5-4-6-13(14)17/h4-6,10,12,20H,7-9H2,1-3H3,(H,18,21)/t12-/m0/s1. The molecule has 1 aromatic carbocycles. The minimum Gasteiger partial charge on any atom is -0.444 e. The largest absolute Gasteiger partial charge is 0.444 e. The lowest BCUT2D eigenvalue weighted by atomic mass is 10.1. The smallest absolute Gasteiger partial charge is 0.407 e. The second-order valence-corrected chi connectivity index (χ2v) is 6.38. The Bertz CT molecular complexity index is 543. The van der Waals surface area contributed by atoms with Gasteiger partial charge >= 0.3 is 6.09 Å². The molecule has 1 amide bonds. The third-order valence-electron chi connectivity index (χ3n) is 3.38. The van der Waals surface area contributed by atoms with Crippen LogP contribution in [0.4, 0.5) is 14.9 Å². The first kappa shape index (κ1) is 16.5. The number of alkyl carbamates (subject to hydrolysis) is 1. The van der Waals surface area contributed by atoms with Crippen molar-refractivity contribution < 1.29 is 19.0 Å². The van der Waals surface area contributed by atoms with Crippen molar-refractivity contribution in [2.75, 3.05) is 18.0 Å². The average molecular weight is 309 g/mol. The summed E-state index contributed by atoms with van der Waals surface area (Å²) in [7, 11) is 0. The molecule has 5 nitrogen and oxygen atoms in total. The Morgan fingerprint density at radius 3 is 2.86 bits per heavy atom. The van der Waals surface area contributed by atoms with Crippen LogP contribution in [0.25, 0.3) is 0 Å². The van der Waals surface area contributed by atoms with Crippen LogP contribution in [0.5, 0.6) is 0 Å². The highest BCUT2D eigenvalue weighted by molar-refractivity contribution is 5.68. The summed E-state index contributed by atoms with van der Waals surface area (Å²) in [6.07, 6.45) is 0.222. The molecule has 1 radical (unpaired) electrons. The SMILES string of the molecule is CC(C)(C)OC(=O)N[C@H]1CCN(c2c(F)cccc2[CH]O)C1. The van der Waals surface area contributed by atoms with Gasteiger partial charge in [-0.15, -0.1) is 0 Å². The van der Waals surface area contributed by atoms with Crippen molar-refractivity contribution in [3.05, 3.63) is 36.2 Å². The number of ether oxygens (including phenoxy) is 1. The molecule has 121 valence electrons. The number of halogens is 1. The van der Waals surface area contributed by atoms with Crippen molar-refractivity contribution in [3.8, 4) is 0 Å². The lowest BCUT2D eigenvalue weighted by molar-refractivity contribution is 0.0509. The minimum absolute atomic E-state index is 0.110. The second-order valence-electron chi connectivity index (χ2n) is 6.38. The number of carbonyl (C=O) groups is 1. The summed E-state index contributed by atoms with van der Waals surface area (Å²) < 4.78 is 19.2. The molecule has 1 aliphatic heterocycles. The molecule has 1 aromatic rings. The molecule has 2 rings (SSSR count). The number of anilines is 1. The number of aliphatic hydroxyl groups excluding tert-OH is 1. The third-order valence-corrected chi connectivity index (χ3v) is 3.38. The quantitative estimate of drug-likeness (QED) is 0.901. The topological polar surface area (TPSA) is 61.8 Å². The molecular weight excluding hydrogens is 287 g/mol. The molecule has 6 heteroatoms. The third kappa shape index (κ3) is 4.10. The molecule has 0 bridgehead atoms. The molecule has 2 N–H and O–H groups in total. The van der Waals surface area contributed by atoms with Gasteiger partial charge in [0.1, 0.15) is 18.0 Å². The van der Waals surface area contributed by atoms with Gasteiger partial charge in [-0.1, -0.05) is 12.1 Å². The predicted molar refractivity (Wildman–Crippen MR) is 81.7 cm³/mol. The van der Waals surface area contributed by atoms with Gasteiger partial charge in [0.15, 0.2) is 0 Å². The fraction of sp³-hybridized carbons (Fsp3) is 0.500. The van der Waals surface area contributed by atoms with E-state index in [1.807, 2.05) is 4.90 Å². The van der Waals surface area contributed by atoms with Gasteiger partial charge in [0, 0.05) is 18.7 Å². The molecule has 0 spiro atoms. The Hall–Kier alpha value is -1.82. The number of carbonyl (C=O) groups excluding carboxylic acids is 1. The molecule has 1 aliphatic rings. The first-order valence-corrected chi connectivity index (χ1v) is 7.30. The number of hydrogen-bond acceptors (Lipinski definition) is 4. The summed E-state index contributed by atoms with van der Waals surface area (Å²) in [5.74, 6) is -0.388.